The Morgan fingerprint density at radius 1 is 1.73 bits per heavy atom. The fourth-order valence-electron chi connectivity index (χ4n) is 1.05. The van der Waals surface area contributed by atoms with Gasteiger partial charge in [0.2, 0.25) is 5.89 Å². The summed E-state index contributed by atoms with van der Waals surface area (Å²) < 4.78 is 4.90. The van der Waals surface area contributed by atoms with Gasteiger partial charge in [0.1, 0.15) is 0 Å². The summed E-state index contributed by atoms with van der Waals surface area (Å²) >= 11 is 0. The first-order valence-corrected chi connectivity index (χ1v) is 3.89. The van der Waals surface area contributed by atoms with Crippen LogP contribution in [0.15, 0.2) is 10.9 Å². The van der Waals surface area contributed by atoms with Gasteiger partial charge in [0, 0.05) is 6.04 Å². The van der Waals surface area contributed by atoms with Gasteiger partial charge in [-0.15, -0.1) is 0 Å². The smallest absolute Gasteiger partial charge is 0.243 e. The Balaban J connectivity index is 1.93. The summed E-state index contributed by atoms with van der Waals surface area (Å²) in [4.78, 5) is 3.96. The number of rotatable bonds is 3. The molecule has 0 spiro atoms. The van der Waals surface area contributed by atoms with Crippen molar-refractivity contribution in [3.8, 4) is 0 Å². The largest absolute Gasteiger partial charge is 0.338 e. The highest BCUT2D eigenvalue weighted by Crippen LogP contribution is 2.22. The molecule has 1 atom stereocenters. The van der Waals surface area contributed by atoms with Gasteiger partial charge in [-0.25, -0.2) is 0 Å². The molecule has 60 valence electrons. The zero-order valence-corrected chi connectivity index (χ0v) is 6.45. The summed E-state index contributed by atoms with van der Waals surface area (Å²) in [7, 11) is 0. The second-order valence-corrected chi connectivity index (χ2v) is 2.94. The Kier molecular flexibility index (Phi) is 1.62. The quantitative estimate of drug-likeness (QED) is 0.700. The van der Waals surface area contributed by atoms with E-state index in [2.05, 4.69) is 15.5 Å². The minimum absolute atomic E-state index is 0.199. The summed E-state index contributed by atoms with van der Waals surface area (Å²) in [5.41, 5.74) is 0. The molecule has 4 nitrogen and oxygen atoms in total. The maximum absolute atomic E-state index is 4.90. The highest BCUT2D eigenvalue weighted by atomic mass is 16.5. The molecule has 0 aliphatic heterocycles. The molecule has 4 heteroatoms. The lowest BCUT2D eigenvalue weighted by Crippen LogP contribution is -2.20. The van der Waals surface area contributed by atoms with Gasteiger partial charge in [0.05, 0.1) is 6.04 Å². The molecule has 1 unspecified atom stereocenters. The molecule has 0 aromatic carbocycles. The van der Waals surface area contributed by atoms with Crippen LogP contribution in [-0.2, 0) is 0 Å². The molecule has 1 aliphatic carbocycles. The zero-order valence-electron chi connectivity index (χ0n) is 6.45. The first-order chi connectivity index (χ1) is 5.36. The van der Waals surface area contributed by atoms with Crippen LogP contribution in [0.4, 0.5) is 0 Å². The van der Waals surface area contributed by atoms with E-state index >= 15 is 0 Å². The standard InChI is InChI=1S/C7H11N3O/c1-5(10-6-2-3-6)7-8-4-9-11-7/h4-6,10H,2-3H2,1H3. The lowest BCUT2D eigenvalue weighted by Gasteiger charge is -2.06. The molecule has 1 heterocycles. The molecule has 0 saturated heterocycles. The van der Waals surface area contributed by atoms with Crippen LogP contribution in [-0.4, -0.2) is 16.2 Å². The summed E-state index contributed by atoms with van der Waals surface area (Å²) in [6, 6.07) is 0.877. The summed E-state index contributed by atoms with van der Waals surface area (Å²) in [5, 5.41) is 6.90. The van der Waals surface area contributed by atoms with E-state index < -0.39 is 0 Å². The van der Waals surface area contributed by atoms with Crippen LogP contribution in [0.3, 0.4) is 0 Å². The van der Waals surface area contributed by atoms with E-state index in [1.165, 1.54) is 19.2 Å². The Morgan fingerprint density at radius 3 is 3.09 bits per heavy atom. The Bertz CT molecular complexity index is 218. The van der Waals surface area contributed by atoms with Gasteiger partial charge in [0.15, 0.2) is 6.33 Å². The minimum atomic E-state index is 0.199. The molecule has 1 saturated carbocycles. The zero-order chi connectivity index (χ0) is 7.68. The molecule has 1 aromatic rings. The second-order valence-electron chi connectivity index (χ2n) is 2.94. The summed E-state index contributed by atoms with van der Waals surface area (Å²) in [6.07, 6.45) is 3.98. The Morgan fingerprint density at radius 2 is 2.55 bits per heavy atom. The van der Waals surface area contributed by atoms with Crippen molar-refractivity contribution in [1.29, 1.82) is 0 Å². The SMILES string of the molecule is CC(NC1CC1)c1ncno1. The monoisotopic (exact) mass is 153 g/mol. The van der Waals surface area contributed by atoms with Gasteiger partial charge in [0.25, 0.3) is 0 Å². The predicted octanol–water partition coefficient (Wildman–Crippen LogP) is 0.883. The average molecular weight is 153 g/mol. The first kappa shape index (κ1) is 6.79. The fraction of sp³-hybridized carbons (Fsp3) is 0.714. The lowest BCUT2D eigenvalue weighted by molar-refractivity contribution is 0.338. The van der Waals surface area contributed by atoms with Crippen LogP contribution in [0.5, 0.6) is 0 Å². The van der Waals surface area contributed by atoms with Gasteiger partial charge < -0.3 is 9.84 Å². The summed E-state index contributed by atoms with van der Waals surface area (Å²) in [6.45, 7) is 2.03. The molecule has 1 fully saturated rings. The average Bonchev–Trinajstić information content (AvgIpc) is 2.67. The predicted molar refractivity (Wildman–Crippen MR) is 38.9 cm³/mol. The van der Waals surface area contributed by atoms with E-state index in [0.717, 1.165) is 0 Å². The third-order valence-corrected chi connectivity index (χ3v) is 1.81. The highest BCUT2D eigenvalue weighted by Gasteiger charge is 2.24. The summed E-state index contributed by atoms with van der Waals surface area (Å²) in [5.74, 6) is 0.678. The van der Waals surface area contributed by atoms with Crippen LogP contribution in [0.2, 0.25) is 0 Å². The molecule has 1 N–H and O–H groups in total. The number of aromatic nitrogens is 2. The van der Waals surface area contributed by atoms with Crippen LogP contribution >= 0.6 is 0 Å². The van der Waals surface area contributed by atoms with Crippen molar-refractivity contribution in [2.75, 3.05) is 0 Å². The molecule has 11 heavy (non-hydrogen) atoms. The van der Waals surface area contributed by atoms with Gasteiger partial charge in [-0.05, 0) is 19.8 Å². The highest BCUT2D eigenvalue weighted by molar-refractivity contribution is 4.90. The van der Waals surface area contributed by atoms with E-state index in [0.29, 0.717) is 11.9 Å². The normalized spacial score (nSPS) is 20.1. The van der Waals surface area contributed by atoms with Crippen molar-refractivity contribution >= 4 is 0 Å². The van der Waals surface area contributed by atoms with Gasteiger partial charge in [-0.3, -0.25) is 0 Å². The van der Waals surface area contributed by atoms with Crippen molar-refractivity contribution in [2.45, 2.75) is 31.8 Å². The van der Waals surface area contributed by atoms with Crippen LogP contribution in [0.1, 0.15) is 31.7 Å². The maximum Gasteiger partial charge on any atom is 0.243 e. The van der Waals surface area contributed by atoms with Crippen LogP contribution in [0, 0.1) is 0 Å². The van der Waals surface area contributed by atoms with Crippen molar-refractivity contribution < 1.29 is 4.52 Å². The molecule has 2 rings (SSSR count). The van der Waals surface area contributed by atoms with E-state index in [1.807, 2.05) is 6.92 Å². The van der Waals surface area contributed by atoms with Gasteiger partial charge in [-0.2, -0.15) is 4.98 Å². The van der Waals surface area contributed by atoms with E-state index in [-0.39, 0.29) is 6.04 Å². The Hall–Kier alpha value is -0.900. The third kappa shape index (κ3) is 1.57. The second kappa shape index (κ2) is 2.62. The fourth-order valence-corrected chi connectivity index (χ4v) is 1.05. The van der Waals surface area contributed by atoms with E-state index in [4.69, 9.17) is 4.52 Å². The Labute approximate surface area is 65.0 Å². The molecular weight excluding hydrogens is 142 g/mol. The van der Waals surface area contributed by atoms with Crippen molar-refractivity contribution in [2.24, 2.45) is 0 Å². The van der Waals surface area contributed by atoms with E-state index in [1.54, 1.807) is 0 Å². The van der Waals surface area contributed by atoms with Crippen molar-refractivity contribution in [1.82, 2.24) is 15.5 Å². The molecule has 0 amide bonds. The topological polar surface area (TPSA) is 51.0 Å². The number of hydrogen-bond acceptors (Lipinski definition) is 4. The van der Waals surface area contributed by atoms with Crippen molar-refractivity contribution in [3.63, 3.8) is 0 Å². The molecule has 0 bridgehead atoms. The van der Waals surface area contributed by atoms with Gasteiger partial charge in [-0.1, -0.05) is 5.16 Å². The number of nitrogens with one attached hydrogen (secondary N) is 1. The first-order valence-electron chi connectivity index (χ1n) is 3.89. The van der Waals surface area contributed by atoms with Crippen LogP contribution in [0.25, 0.3) is 0 Å². The van der Waals surface area contributed by atoms with Gasteiger partial charge >= 0.3 is 0 Å². The van der Waals surface area contributed by atoms with Crippen molar-refractivity contribution in [3.05, 3.63) is 12.2 Å². The maximum atomic E-state index is 4.90. The number of nitrogens with zero attached hydrogens (tertiary/aromatic N) is 2. The van der Waals surface area contributed by atoms with E-state index in [9.17, 15) is 0 Å². The minimum Gasteiger partial charge on any atom is -0.338 e. The lowest BCUT2D eigenvalue weighted by atomic mass is 10.3. The number of hydrogen-bond donors (Lipinski definition) is 1. The molecular formula is C7H11N3O. The van der Waals surface area contributed by atoms with Crippen LogP contribution < -0.4 is 5.32 Å². The molecule has 1 aromatic heterocycles. The molecule has 1 aliphatic rings. The third-order valence-electron chi connectivity index (χ3n) is 1.81. The molecule has 0 radical (unpaired) electrons.